The van der Waals surface area contributed by atoms with Gasteiger partial charge in [0.2, 0.25) is 10.0 Å². The van der Waals surface area contributed by atoms with Crippen LogP contribution in [0.5, 0.6) is 5.75 Å². The smallest absolute Gasteiger partial charge is 0.323 e. The van der Waals surface area contributed by atoms with Crippen LogP contribution >= 0.6 is 0 Å². The van der Waals surface area contributed by atoms with E-state index in [2.05, 4.69) is 10.6 Å². The highest BCUT2D eigenvalue weighted by atomic mass is 32.2. The zero-order valence-corrected chi connectivity index (χ0v) is 21.1. The second-order valence-corrected chi connectivity index (χ2v) is 10.9. The fraction of sp³-hybridized carbons (Fsp3) is 0.417. The number of sulfonamides is 1. The van der Waals surface area contributed by atoms with E-state index < -0.39 is 28.2 Å². The molecule has 1 aliphatic rings. The molecule has 0 bridgehead atoms. The van der Waals surface area contributed by atoms with Crippen LogP contribution in [0.1, 0.15) is 24.2 Å². The normalized spacial score (nSPS) is 19.3. The quantitative estimate of drug-likeness (QED) is 0.531. The summed E-state index contributed by atoms with van der Waals surface area (Å²) in [5, 5.41) is 15.2. The Bertz CT molecular complexity index is 1160. The summed E-state index contributed by atoms with van der Waals surface area (Å²) >= 11 is 0. The summed E-state index contributed by atoms with van der Waals surface area (Å²) in [4.78, 5) is 27.7. The van der Waals surface area contributed by atoms with Crippen molar-refractivity contribution in [1.29, 1.82) is 0 Å². The van der Waals surface area contributed by atoms with E-state index in [1.54, 1.807) is 54.3 Å². The highest BCUT2D eigenvalue weighted by Gasteiger charge is 2.35. The van der Waals surface area contributed by atoms with Crippen LogP contribution in [0.15, 0.2) is 48.5 Å². The zero-order chi connectivity index (χ0) is 25.8. The van der Waals surface area contributed by atoms with Gasteiger partial charge in [0.25, 0.3) is 5.91 Å². The summed E-state index contributed by atoms with van der Waals surface area (Å²) in [6.07, 6.45) is 0.481. The van der Waals surface area contributed by atoms with Gasteiger partial charge in [-0.05, 0) is 31.2 Å². The number of hydrogen-bond acceptors (Lipinski definition) is 6. The number of aliphatic hydroxyl groups is 1. The molecule has 0 radical (unpaired) electrons. The molecule has 1 heterocycles. The van der Waals surface area contributed by atoms with Gasteiger partial charge in [-0.1, -0.05) is 31.2 Å². The number of carbonyl (C=O) groups is 2. The summed E-state index contributed by atoms with van der Waals surface area (Å²) in [5.41, 5.74) is 1.06. The van der Waals surface area contributed by atoms with Crippen molar-refractivity contribution in [3.63, 3.8) is 0 Å². The molecule has 0 spiro atoms. The van der Waals surface area contributed by atoms with Crippen LogP contribution in [-0.2, 0) is 10.0 Å². The van der Waals surface area contributed by atoms with E-state index in [0.29, 0.717) is 5.69 Å². The Kier molecular flexibility index (Phi) is 8.36. The lowest BCUT2D eigenvalue weighted by Crippen LogP contribution is -2.50. The molecule has 3 rings (SSSR count). The number of nitrogens with one attached hydrogen (secondary N) is 2. The van der Waals surface area contributed by atoms with Crippen molar-refractivity contribution >= 4 is 33.3 Å². The van der Waals surface area contributed by atoms with E-state index in [1.807, 2.05) is 13.0 Å². The molecule has 0 saturated carbocycles. The summed E-state index contributed by atoms with van der Waals surface area (Å²) < 4.78 is 31.6. The van der Waals surface area contributed by atoms with Gasteiger partial charge in [-0.2, -0.15) is 0 Å². The van der Waals surface area contributed by atoms with Gasteiger partial charge in [0.1, 0.15) is 6.10 Å². The zero-order valence-electron chi connectivity index (χ0n) is 20.3. The van der Waals surface area contributed by atoms with Crippen LogP contribution < -0.4 is 15.4 Å². The molecule has 10 nitrogen and oxygen atoms in total. The molecule has 1 aliphatic heterocycles. The van der Waals surface area contributed by atoms with Crippen molar-refractivity contribution in [1.82, 2.24) is 9.21 Å². The van der Waals surface area contributed by atoms with Gasteiger partial charge < -0.3 is 25.4 Å². The molecule has 190 valence electrons. The third-order valence-corrected chi connectivity index (χ3v) is 7.26. The molecule has 35 heavy (non-hydrogen) atoms. The molecule has 3 atom stereocenters. The average Bonchev–Trinajstić information content (AvgIpc) is 2.81. The minimum Gasteiger partial charge on any atom is -0.486 e. The van der Waals surface area contributed by atoms with Gasteiger partial charge in [0.05, 0.1) is 36.7 Å². The number of hydrogen-bond donors (Lipinski definition) is 3. The molecule has 3 amide bonds. The Labute approximate surface area is 205 Å². The predicted molar refractivity (Wildman–Crippen MR) is 134 cm³/mol. The second-order valence-electron chi connectivity index (χ2n) is 8.79. The monoisotopic (exact) mass is 504 g/mol. The number of benzene rings is 2. The summed E-state index contributed by atoms with van der Waals surface area (Å²) in [6.45, 7) is 3.65. The number of ether oxygens (including phenoxy) is 1. The predicted octanol–water partition coefficient (Wildman–Crippen LogP) is 2.44. The second kappa shape index (κ2) is 11.1. The average molecular weight is 505 g/mol. The van der Waals surface area contributed by atoms with Gasteiger partial charge in [-0.3, -0.25) is 4.79 Å². The van der Waals surface area contributed by atoms with Crippen LogP contribution in [0, 0.1) is 5.92 Å². The van der Waals surface area contributed by atoms with Crippen molar-refractivity contribution in [2.75, 3.05) is 43.6 Å². The van der Waals surface area contributed by atoms with E-state index in [1.165, 1.54) is 11.4 Å². The van der Waals surface area contributed by atoms with Crippen LogP contribution in [0.25, 0.3) is 0 Å². The highest BCUT2D eigenvalue weighted by molar-refractivity contribution is 7.88. The lowest BCUT2D eigenvalue weighted by Gasteiger charge is -2.38. The molecule has 0 aromatic heterocycles. The molecule has 0 unspecified atom stereocenters. The Hall–Kier alpha value is -3.15. The van der Waals surface area contributed by atoms with E-state index in [-0.39, 0.29) is 48.5 Å². The molecule has 2 aromatic carbocycles. The first-order chi connectivity index (χ1) is 16.5. The number of urea groups is 1. The minimum absolute atomic E-state index is 0.0412. The molecular weight excluding hydrogens is 472 g/mol. The molecule has 0 saturated heterocycles. The molecule has 11 heteroatoms. The first-order valence-corrected chi connectivity index (χ1v) is 13.1. The number of anilines is 2. The molecule has 0 aliphatic carbocycles. The number of para-hydroxylation sites is 2. The van der Waals surface area contributed by atoms with E-state index in [9.17, 15) is 23.1 Å². The maximum absolute atomic E-state index is 13.5. The van der Waals surface area contributed by atoms with Crippen molar-refractivity contribution in [2.24, 2.45) is 5.92 Å². The molecule has 3 N–H and O–H groups in total. The largest absolute Gasteiger partial charge is 0.486 e. The van der Waals surface area contributed by atoms with Crippen molar-refractivity contribution in [3.8, 4) is 5.75 Å². The minimum atomic E-state index is -3.48. The standard InChI is InChI=1S/C24H32N4O6S/c1-16-13-28(17(2)15-29)23(30)19-11-8-12-20(26-24(31)25-18-9-6-5-7-10-18)22(19)34-21(16)14-27(3)35(4,32)33/h5-12,16-17,21,29H,13-15H2,1-4H3,(H2,25,26,31)/t16-,17-,21-/m0/s1. The fourth-order valence-electron chi connectivity index (χ4n) is 3.75. The Balaban J connectivity index is 2.00. The van der Waals surface area contributed by atoms with Crippen molar-refractivity contribution < 1.29 is 27.9 Å². The number of aliphatic hydroxyl groups excluding tert-OH is 1. The van der Waals surface area contributed by atoms with Crippen molar-refractivity contribution in [3.05, 3.63) is 54.1 Å². The third kappa shape index (κ3) is 6.50. The number of amides is 3. The fourth-order valence-corrected chi connectivity index (χ4v) is 4.17. The van der Waals surface area contributed by atoms with E-state index >= 15 is 0 Å². The topological polar surface area (TPSA) is 128 Å². The van der Waals surface area contributed by atoms with Gasteiger partial charge in [0.15, 0.2) is 5.75 Å². The van der Waals surface area contributed by atoms with Crippen LogP contribution in [0.3, 0.4) is 0 Å². The summed E-state index contributed by atoms with van der Waals surface area (Å²) in [5.74, 6) is -0.485. The maximum atomic E-state index is 13.5. The van der Waals surface area contributed by atoms with Gasteiger partial charge in [-0.15, -0.1) is 0 Å². The van der Waals surface area contributed by atoms with Crippen LogP contribution in [0.4, 0.5) is 16.2 Å². The van der Waals surface area contributed by atoms with Crippen molar-refractivity contribution in [2.45, 2.75) is 26.0 Å². The Morgan fingerprint density at radius 2 is 1.89 bits per heavy atom. The van der Waals surface area contributed by atoms with Gasteiger partial charge >= 0.3 is 6.03 Å². The molecular formula is C24H32N4O6S. The number of fused-ring (bicyclic) bond motifs is 1. The Morgan fingerprint density at radius 1 is 1.20 bits per heavy atom. The first kappa shape index (κ1) is 26.5. The van der Waals surface area contributed by atoms with Crippen LogP contribution in [-0.4, -0.2) is 79.8 Å². The lowest BCUT2D eigenvalue weighted by molar-refractivity contribution is 0.0389. The summed E-state index contributed by atoms with van der Waals surface area (Å²) in [7, 11) is -2.02. The SMILES string of the molecule is C[C@H]1CN([C@@H](C)CO)C(=O)c2cccc(NC(=O)Nc3ccccc3)c2O[C@H]1CN(C)S(C)(=O)=O. The highest BCUT2D eigenvalue weighted by Crippen LogP contribution is 2.35. The number of rotatable bonds is 7. The molecule has 0 fully saturated rings. The first-order valence-electron chi connectivity index (χ1n) is 11.3. The Morgan fingerprint density at radius 3 is 2.51 bits per heavy atom. The van der Waals surface area contributed by atoms with Gasteiger partial charge in [0, 0.05) is 25.2 Å². The lowest BCUT2D eigenvalue weighted by atomic mass is 9.99. The summed E-state index contributed by atoms with van der Waals surface area (Å²) in [6, 6.07) is 12.7. The number of carbonyl (C=O) groups excluding carboxylic acids is 2. The third-order valence-electron chi connectivity index (χ3n) is 5.97. The van der Waals surface area contributed by atoms with E-state index in [4.69, 9.17) is 4.74 Å². The van der Waals surface area contributed by atoms with Crippen LogP contribution in [0.2, 0.25) is 0 Å². The number of likely N-dealkylation sites (N-methyl/N-ethyl adjacent to an activating group) is 1. The molecule has 2 aromatic rings. The van der Waals surface area contributed by atoms with E-state index in [0.717, 1.165) is 6.26 Å². The van der Waals surface area contributed by atoms with Gasteiger partial charge in [-0.25, -0.2) is 17.5 Å². The maximum Gasteiger partial charge on any atom is 0.323 e. The number of nitrogens with zero attached hydrogens (tertiary/aromatic N) is 2.